The summed E-state index contributed by atoms with van der Waals surface area (Å²) in [5.74, 6) is -5.44. The van der Waals surface area contributed by atoms with E-state index < -0.39 is 29.2 Å². The van der Waals surface area contributed by atoms with E-state index in [0.717, 1.165) is 0 Å². The number of rotatable bonds is 2. The SMILES string of the molecule is O=C(Nc1ccc(Cl)cc1)c1cc(F)nc(F)c1F. The molecule has 1 N–H and O–H groups in total. The second-order valence-corrected chi connectivity index (χ2v) is 3.99. The van der Waals surface area contributed by atoms with E-state index >= 15 is 0 Å². The van der Waals surface area contributed by atoms with Gasteiger partial charge in [0.15, 0.2) is 5.82 Å². The van der Waals surface area contributed by atoms with Crippen molar-refractivity contribution in [2.45, 2.75) is 0 Å². The lowest BCUT2D eigenvalue weighted by atomic mass is 10.2. The van der Waals surface area contributed by atoms with Gasteiger partial charge in [0.2, 0.25) is 5.95 Å². The highest BCUT2D eigenvalue weighted by Crippen LogP contribution is 2.16. The normalized spacial score (nSPS) is 10.3. The van der Waals surface area contributed by atoms with Gasteiger partial charge in [-0.05, 0) is 24.3 Å². The molecule has 0 atom stereocenters. The highest BCUT2D eigenvalue weighted by atomic mass is 35.5. The molecule has 1 aromatic heterocycles. The van der Waals surface area contributed by atoms with Crippen molar-refractivity contribution in [1.29, 1.82) is 0 Å². The molecule has 0 aliphatic carbocycles. The van der Waals surface area contributed by atoms with Crippen LogP contribution in [0.2, 0.25) is 5.02 Å². The number of benzene rings is 1. The van der Waals surface area contributed by atoms with Crippen molar-refractivity contribution in [3.05, 3.63) is 58.6 Å². The lowest BCUT2D eigenvalue weighted by Gasteiger charge is -2.06. The van der Waals surface area contributed by atoms with E-state index in [4.69, 9.17) is 11.6 Å². The van der Waals surface area contributed by atoms with Gasteiger partial charge in [-0.15, -0.1) is 0 Å². The summed E-state index contributed by atoms with van der Waals surface area (Å²) in [4.78, 5) is 14.3. The fourth-order valence-corrected chi connectivity index (χ4v) is 1.49. The molecule has 2 aromatic rings. The van der Waals surface area contributed by atoms with Gasteiger partial charge in [0.25, 0.3) is 11.9 Å². The van der Waals surface area contributed by atoms with Crippen LogP contribution in [0.3, 0.4) is 0 Å². The van der Waals surface area contributed by atoms with Gasteiger partial charge in [-0.25, -0.2) is 4.39 Å². The summed E-state index contributed by atoms with van der Waals surface area (Å²) in [5, 5.41) is 2.73. The second kappa shape index (κ2) is 5.27. The van der Waals surface area contributed by atoms with E-state index in [1.165, 1.54) is 24.3 Å². The zero-order chi connectivity index (χ0) is 14.0. The van der Waals surface area contributed by atoms with Gasteiger partial charge in [0.1, 0.15) is 0 Å². The molecule has 0 spiro atoms. The average Bonchev–Trinajstić information content (AvgIpc) is 2.36. The molecule has 98 valence electrons. The predicted octanol–water partition coefficient (Wildman–Crippen LogP) is 3.40. The molecule has 3 nitrogen and oxygen atoms in total. The summed E-state index contributed by atoms with van der Waals surface area (Å²) < 4.78 is 39.0. The second-order valence-electron chi connectivity index (χ2n) is 3.56. The molecular formula is C12H6ClF3N2O. The number of carbonyl (C=O) groups excluding carboxylic acids is 1. The van der Waals surface area contributed by atoms with Crippen LogP contribution in [0.4, 0.5) is 18.9 Å². The maximum atomic E-state index is 13.3. The van der Waals surface area contributed by atoms with Crippen LogP contribution in [-0.2, 0) is 0 Å². The van der Waals surface area contributed by atoms with Crippen molar-refractivity contribution >= 4 is 23.2 Å². The molecule has 19 heavy (non-hydrogen) atoms. The number of aromatic nitrogens is 1. The Morgan fingerprint density at radius 2 is 1.79 bits per heavy atom. The summed E-state index contributed by atoms with van der Waals surface area (Å²) in [7, 11) is 0. The number of hydrogen-bond donors (Lipinski definition) is 1. The molecule has 0 fully saturated rings. The molecule has 0 radical (unpaired) electrons. The molecule has 1 amide bonds. The van der Waals surface area contributed by atoms with Gasteiger partial charge < -0.3 is 5.32 Å². The minimum Gasteiger partial charge on any atom is -0.322 e. The van der Waals surface area contributed by atoms with E-state index in [9.17, 15) is 18.0 Å². The Hall–Kier alpha value is -2.08. The molecular weight excluding hydrogens is 281 g/mol. The topological polar surface area (TPSA) is 42.0 Å². The Kier molecular flexibility index (Phi) is 3.71. The van der Waals surface area contributed by atoms with Crippen LogP contribution in [0.25, 0.3) is 0 Å². The van der Waals surface area contributed by atoms with Crippen LogP contribution in [0.5, 0.6) is 0 Å². The van der Waals surface area contributed by atoms with Crippen LogP contribution < -0.4 is 5.32 Å². The minimum absolute atomic E-state index is 0.312. The zero-order valence-electron chi connectivity index (χ0n) is 9.25. The number of amides is 1. The fraction of sp³-hybridized carbons (Fsp3) is 0. The van der Waals surface area contributed by atoms with E-state index in [1.54, 1.807) is 0 Å². The molecule has 1 aromatic carbocycles. The van der Waals surface area contributed by atoms with Crippen LogP contribution in [0.15, 0.2) is 30.3 Å². The summed E-state index contributed by atoms with van der Waals surface area (Å²) in [6, 6.07) is 6.45. The van der Waals surface area contributed by atoms with Crippen LogP contribution >= 0.6 is 11.6 Å². The monoisotopic (exact) mass is 286 g/mol. The van der Waals surface area contributed by atoms with Crippen molar-refractivity contribution in [2.75, 3.05) is 5.32 Å². The molecule has 0 aliphatic rings. The first-order valence-corrected chi connectivity index (χ1v) is 5.43. The molecule has 0 unspecified atom stereocenters. The van der Waals surface area contributed by atoms with Gasteiger partial charge >= 0.3 is 0 Å². The van der Waals surface area contributed by atoms with Gasteiger partial charge in [-0.2, -0.15) is 13.8 Å². The Morgan fingerprint density at radius 1 is 1.16 bits per heavy atom. The third kappa shape index (κ3) is 3.03. The Balaban J connectivity index is 2.27. The number of carbonyl (C=O) groups is 1. The maximum absolute atomic E-state index is 13.3. The molecule has 7 heteroatoms. The van der Waals surface area contributed by atoms with Crippen LogP contribution in [0.1, 0.15) is 10.4 Å². The first-order chi connectivity index (χ1) is 8.97. The van der Waals surface area contributed by atoms with Gasteiger partial charge in [0, 0.05) is 16.8 Å². The van der Waals surface area contributed by atoms with E-state index in [1.807, 2.05) is 0 Å². The molecule has 0 bridgehead atoms. The van der Waals surface area contributed by atoms with Crippen LogP contribution in [0, 0.1) is 17.7 Å². The van der Waals surface area contributed by atoms with E-state index in [2.05, 4.69) is 10.3 Å². The standard InChI is InChI=1S/C12H6ClF3N2O/c13-6-1-3-7(4-2-6)17-12(19)8-5-9(14)18-11(16)10(8)15/h1-5H,(H,17,19). The Labute approximate surface area is 111 Å². The predicted molar refractivity (Wildman–Crippen MR) is 63.5 cm³/mol. The number of anilines is 1. The highest BCUT2D eigenvalue weighted by Gasteiger charge is 2.18. The largest absolute Gasteiger partial charge is 0.322 e. The third-order valence-electron chi connectivity index (χ3n) is 2.23. The summed E-state index contributed by atoms with van der Waals surface area (Å²) in [5.41, 5.74) is -0.452. The first kappa shape index (κ1) is 13.4. The summed E-state index contributed by atoms with van der Waals surface area (Å²) in [6.07, 6.45) is 0. The molecule has 0 saturated carbocycles. The molecule has 1 heterocycles. The van der Waals surface area contributed by atoms with Crippen molar-refractivity contribution in [3.63, 3.8) is 0 Å². The highest BCUT2D eigenvalue weighted by molar-refractivity contribution is 6.30. The first-order valence-electron chi connectivity index (χ1n) is 5.06. The minimum atomic E-state index is -1.67. The van der Waals surface area contributed by atoms with Crippen molar-refractivity contribution < 1.29 is 18.0 Å². The molecule has 0 aliphatic heterocycles. The van der Waals surface area contributed by atoms with E-state index in [-0.39, 0.29) is 0 Å². The Bertz CT molecular complexity index is 632. The summed E-state index contributed by atoms with van der Waals surface area (Å²) in [6.45, 7) is 0. The number of halogens is 4. The lowest BCUT2D eigenvalue weighted by molar-refractivity contribution is 0.102. The number of pyridine rings is 1. The quantitative estimate of drug-likeness (QED) is 0.860. The van der Waals surface area contributed by atoms with Crippen molar-refractivity contribution in [1.82, 2.24) is 4.98 Å². The molecule has 0 saturated heterocycles. The lowest BCUT2D eigenvalue weighted by Crippen LogP contribution is -2.16. The smallest absolute Gasteiger partial charge is 0.258 e. The number of hydrogen-bond acceptors (Lipinski definition) is 2. The van der Waals surface area contributed by atoms with Crippen molar-refractivity contribution in [2.24, 2.45) is 0 Å². The van der Waals surface area contributed by atoms with Crippen molar-refractivity contribution in [3.8, 4) is 0 Å². The average molecular weight is 287 g/mol. The zero-order valence-corrected chi connectivity index (χ0v) is 10.0. The van der Waals surface area contributed by atoms with Crippen LogP contribution in [-0.4, -0.2) is 10.9 Å². The fourth-order valence-electron chi connectivity index (χ4n) is 1.37. The summed E-state index contributed by atoms with van der Waals surface area (Å²) >= 11 is 5.65. The van der Waals surface area contributed by atoms with Gasteiger partial charge in [-0.1, -0.05) is 11.6 Å². The third-order valence-corrected chi connectivity index (χ3v) is 2.48. The van der Waals surface area contributed by atoms with E-state index in [0.29, 0.717) is 16.8 Å². The Morgan fingerprint density at radius 3 is 2.42 bits per heavy atom. The van der Waals surface area contributed by atoms with Gasteiger partial charge in [-0.3, -0.25) is 4.79 Å². The van der Waals surface area contributed by atoms with Gasteiger partial charge in [0.05, 0.1) is 5.56 Å². The maximum Gasteiger partial charge on any atom is 0.258 e. The number of nitrogens with zero attached hydrogens (tertiary/aromatic N) is 1. The molecule has 2 rings (SSSR count). The number of nitrogens with one attached hydrogen (secondary N) is 1.